The van der Waals surface area contributed by atoms with Gasteiger partial charge in [-0.1, -0.05) is 44.2 Å². The molecule has 3 rings (SSSR count). The van der Waals surface area contributed by atoms with Crippen molar-refractivity contribution in [3.63, 3.8) is 0 Å². The quantitative estimate of drug-likeness (QED) is 0.657. The fourth-order valence-corrected chi connectivity index (χ4v) is 4.14. The lowest BCUT2D eigenvalue weighted by Gasteiger charge is -2.33. The summed E-state index contributed by atoms with van der Waals surface area (Å²) in [6, 6.07) is 14.9. The predicted octanol–water partition coefficient (Wildman–Crippen LogP) is 4.82. The number of amides is 1. The monoisotopic (exact) mass is 408 g/mol. The van der Waals surface area contributed by atoms with E-state index in [1.165, 1.54) is 30.5 Å². The molecule has 0 radical (unpaired) electrons. The summed E-state index contributed by atoms with van der Waals surface area (Å²) in [5.74, 6) is -0.561. The molecule has 5 nitrogen and oxygen atoms in total. The van der Waals surface area contributed by atoms with E-state index in [0.717, 1.165) is 25.1 Å². The van der Waals surface area contributed by atoms with E-state index < -0.39 is 5.97 Å². The van der Waals surface area contributed by atoms with Crippen LogP contribution >= 0.6 is 0 Å². The third-order valence-electron chi connectivity index (χ3n) is 5.62. The lowest BCUT2D eigenvalue weighted by Crippen LogP contribution is -2.34. The Morgan fingerprint density at radius 2 is 1.67 bits per heavy atom. The van der Waals surface area contributed by atoms with Gasteiger partial charge in [0.1, 0.15) is 0 Å². The van der Waals surface area contributed by atoms with Crippen LogP contribution in [0.4, 0.5) is 5.69 Å². The molecule has 1 fully saturated rings. The smallest absolute Gasteiger partial charge is 0.335 e. The van der Waals surface area contributed by atoms with Crippen LogP contribution in [0.15, 0.2) is 48.5 Å². The van der Waals surface area contributed by atoms with E-state index in [1.54, 1.807) is 24.3 Å². The van der Waals surface area contributed by atoms with Crippen LogP contribution in [0, 0.1) is 5.92 Å². The van der Waals surface area contributed by atoms with Gasteiger partial charge in [0.15, 0.2) is 0 Å². The first-order valence-electron chi connectivity index (χ1n) is 10.9. The highest BCUT2D eigenvalue weighted by Crippen LogP contribution is 2.32. The van der Waals surface area contributed by atoms with Gasteiger partial charge in [0, 0.05) is 18.8 Å². The second-order valence-electron chi connectivity index (χ2n) is 8.54. The van der Waals surface area contributed by atoms with Crippen LogP contribution in [0.2, 0.25) is 0 Å². The topological polar surface area (TPSA) is 69.6 Å². The summed E-state index contributed by atoms with van der Waals surface area (Å²) >= 11 is 0. The first-order valence-corrected chi connectivity index (χ1v) is 10.9. The molecule has 1 atom stereocenters. The third-order valence-corrected chi connectivity index (χ3v) is 5.62. The van der Waals surface area contributed by atoms with E-state index in [9.17, 15) is 9.59 Å². The number of piperidine rings is 1. The van der Waals surface area contributed by atoms with E-state index in [2.05, 4.69) is 42.3 Å². The first kappa shape index (κ1) is 21.9. The van der Waals surface area contributed by atoms with Gasteiger partial charge in [-0.05, 0) is 60.9 Å². The van der Waals surface area contributed by atoms with Gasteiger partial charge in [-0.15, -0.1) is 0 Å². The number of anilines is 1. The Morgan fingerprint density at radius 3 is 2.30 bits per heavy atom. The Morgan fingerprint density at radius 1 is 1.00 bits per heavy atom. The molecule has 1 aliphatic rings. The molecule has 1 saturated heterocycles. The summed E-state index contributed by atoms with van der Waals surface area (Å²) in [6.07, 6.45) is 4.81. The molecule has 0 bridgehead atoms. The number of carboxylic acids is 1. The molecule has 0 spiro atoms. The molecule has 0 aromatic heterocycles. The molecule has 5 heteroatoms. The van der Waals surface area contributed by atoms with Crippen LogP contribution in [-0.4, -0.2) is 30.1 Å². The lowest BCUT2D eigenvalue weighted by molar-refractivity contribution is -0.121. The van der Waals surface area contributed by atoms with E-state index in [-0.39, 0.29) is 23.9 Å². The number of benzene rings is 2. The van der Waals surface area contributed by atoms with Gasteiger partial charge < -0.3 is 15.3 Å². The van der Waals surface area contributed by atoms with Crippen molar-refractivity contribution in [1.82, 2.24) is 5.32 Å². The van der Waals surface area contributed by atoms with Crippen molar-refractivity contribution in [3.8, 4) is 0 Å². The fourth-order valence-electron chi connectivity index (χ4n) is 4.14. The Labute approximate surface area is 179 Å². The maximum absolute atomic E-state index is 12.8. The van der Waals surface area contributed by atoms with Crippen LogP contribution < -0.4 is 10.2 Å². The van der Waals surface area contributed by atoms with Crippen molar-refractivity contribution in [1.29, 1.82) is 0 Å². The van der Waals surface area contributed by atoms with E-state index in [0.29, 0.717) is 5.92 Å². The van der Waals surface area contributed by atoms with Crippen molar-refractivity contribution in [2.24, 2.45) is 5.92 Å². The minimum absolute atomic E-state index is 0.0443. The zero-order valence-electron chi connectivity index (χ0n) is 17.9. The second-order valence-corrected chi connectivity index (χ2v) is 8.54. The summed E-state index contributed by atoms with van der Waals surface area (Å²) in [5.41, 5.74) is 3.45. The summed E-state index contributed by atoms with van der Waals surface area (Å²) < 4.78 is 0. The van der Waals surface area contributed by atoms with Gasteiger partial charge in [0.2, 0.25) is 5.91 Å². The fraction of sp³-hybridized carbons (Fsp3) is 0.440. The molecule has 1 aliphatic heterocycles. The molecular formula is C25H32N2O3. The highest BCUT2D eigenvalue weighted by atomic mass is 16.4. The number of rotatable bonds is 8. The molecule has 1 amide bonds. The summed E-state index contributed by atoms with van der Waals surface area (Å²) in [5, 5.41) is 12.3. The number of nitrogens with zero attached hydrogens (tertiary/aromatic N) is 1. The molecule has 30 heavy (non-hydrogen) atoms. The average molecular weight is 409 g/mol. The largest absolute Gasteiger partial charge is 0.478 e. The molecule has 0 aliphatic carbocycles. The molecule has 160 valence electrons. The summed E-state index contributed by atoms with van der Waals surface area (Å²) in [6.45, 7) is 6.48. The Bertz CT molecular complexity index is 855. The molecule has 1 heterocycles. The number of hydrogen-bond donors (Lipinski definition) is 2. The van der Waals surface area contributed by atoms with Crippen molar-refractivity contribution in [2.45, 2.75) is 52.0 Å². The lowest BCUT2D eigenvalue weighted by atomic mass is 9.94. The number of aromatic carboxylic acids is 1. The number of hydrogen-bond acceptors (Lipinski definition) is 3. The predicted molar refractivity (Wildman–Crippen MR) is 120 cm³/mol. The van der Waals surface area contributed by atoms with Gasteiger partial charge in [-0.3, -0.25) is 4.79 Å². The number of para-hydroxylation sites is 1. The first-order chi connectivity index (χ1) is 14.4. The van der Waals surface area contributed by atoms with Gasteiger partial charge in [-0.2, -0.15) is 0 Å². The molecule has 2 aromatic carbocycles. The molecule has 2 aromatic rings. The maximum atomic E-state index is 12.8. The maximum Gasteiger partial charge on any atom is 0.335 e. The molecule has 2 N–H and O–H groups in total. The van der Waals surface area contributed by atoms with Crippen LogP contribution in [0.25, 0.3) is 0 Å². The van der Waals surface area contributed by atoms with Crippen LogP contribution in [0.3, 0.4) is 0 Å². The molecular weight excluding hydrogens is 376 g/mol. The van der Waals surface area contributed by atoms with Crippen LogP contribution in [0.5, 0.6) is 0 Å². The minimum atomic E-state index is -0.961. The van der Waals surface area contributed by atoms with Crippen molar-refractivity contribution in [2.75, 3.05) is 18.0 Å². The SMILES string of the molecule is CC(C)CC(NC(=O)Cc1ccc(C(=O)O)cc1)c1ccccc1N1CCCCC1. The second kappa shape index (κ2) is 10.3. The normalized spacial score (nSPS) is 15.1. The minimum Gasteiger partial charge on any atom is -0.478 e. The van der Waals surface area contributed by atoms with Gasteiger partial charge >= 0.3 is 5.97 Å². The van der Waals surface area contributed by atoms with Gasteiger partial charge in [0.05, 0.1) is 18.0 Å². The number of nitrogens with one attached hydrogen (secondary N) is 1. The third kappa shape index (κ3) is 5.85. The zero-order chi connectivity index (χ0) is 21.5. The number of carbonyl (C=O) groups is 2. The Balaban J connectivity index is 1.76. The van der Waals surface area contributed by atoms with Crippen molar-refractivity contribution >= 4 is 17.6 Å². The highest BCUT2D eigenvalue weighted by Gasteiger charge is 2.22. The summed E-state index contributed by atoms with van der Waals surface area (Å²) in [4.78, 5) is 26.3. The van der Waals surface area contributed by atoms with Crippen LogP contribution in [-0.2, 0) is 11.2 Å². The van der Waals surface area contributed by atoms with E-state index in [4.69, 9.17) is 5.11 Å². The highest BCUT2D eigenvalue weighted by molar-refractivity contribution is 5.87. The standard InChI is InChI=1S/C25H32N2O3/c1-18(2)16-22(21-8-4-5-9-23(21)27-14-6-3-7-15-27)26-24(28)17-19-10-12-20(13-11-19)25(29)30/h4-5,8-13,18,22H,3,6-7,14-17H2,1-2H3,(H,26,28)(H,29,30). The average Bonchev–Trinajstić information content (AvgIpc) is 2.74. The molecule has 0 saturated carbocycles. The molecule has 1 unspecified atom stereocenters. The van der Waals surface area contributed by atoms with Crippen molar-refractivity contribution in [3.05, 3.63) is 65.2 Å². The van der Waals surface area contributed by atoms with E-state index in [1.807, 2.05) is 6.07 Å². The number of carbonyl (C=O) groups excluding carboxylic acids is 1. The Kier molecular flexibility index (Phi) is 7.50. The van der Waals surface area contributed by atoms with E-state index >= 15 is 0 Å². The summed E-state index contributed by atoms with van der Waals surface area (Å²) in [7, 11) is 0. The van der Waals surface area contributed by atoms with Crippen molar-refractivity contribution < 1.29 is 14.7 Å². The van der Waals surface area contributed by atoms with Gasteiger partial charge in [-0.25, -0.2) is 4.79 Å². The zero-order valence-corrected chi connectivity index (χ0v) is 17.9. The van der Waals surface area contributed by atoms with Crippen LogP contribution in [0.1, 0.15) is 67.1 Å². The Hall–Kier alpha value is -2.82. The number of carboxylic acid groups (broad SMARTS) is 1. The van der Waals surface area contributed by atoms with Gasteiger partial charge in [0.25, 0.3) is 0 Å².